The fraction of sp³-hybridized carbons (Fsp3) is 0.455. The number of benzene rings is 1. The SMILES string of the molecule is CCCN1CCc2c(sc(NC(=O)c3ccc(S(=O)(=O)N4CCOCC4)cc3)c2C(N)=O)C1. The number of morpholine rings is 1. The first-order valence-electron chi connectivity index (χ1n) is 11.0. The summed E-state index contributed by atoms with van der Waals surface area (Å²) in [7, 11) is -3.64. The molecule has 3 N–H and O–H groups in total. The summed E-state index contributed by atoms with van der Waals surface area (Å²) in [5.74, 6) is -0.976. The Hall–Kier alpha value is -2.31. The van der Waals surface area contributed by atoms with E-state index in [1.807, 2.05) is 0 Å². The van der Waals surface area contributed by atoms with E-state index in [9.17, 15) is 18.0 Å². The number of fused-ring (bicyclic) bond motifs is 1. The molecule has 2 aromatic rings. The zero-order valence-corrected chi connectivity index (χ0v) is 20.1. The molecule has 0 atom stereocenters. The van der Waals surface area contributed by atoms with Crippen molar-refractivity contribution in [3.63, 3.8) is 0 Å². The second-order valence-corrected chi connectivity index (χ2v) is 11.1. The van der Waals surface area contributed by atoms with Crippen molar-refractivity contribution in [1.29, 1.82) is 0 Å². The van der Waals surface area contributed by atoms with Crippen molar-refractivity contribution >= 4 is 38.2 Å². The molecule has 33 heavy (non-hydrogen) atoms. The van der Waals surface area contributed by atoms with Crippen LogP contribution in [0.15, 0.2) is 29.2 Å². The van der Waals surface area contributed by atoms with Crippen LogP contribution in [-0.4, -0.2) is 68.8 Å². The molecule has 2 amide bonds. The number of anilines is 1. The molecule has 0 saturated carbocycles. The van der Waals surface area contributed by atoms with Crippen LogP contribution in [0.25, 0.3) is 0 Å². The minimum absolute atomic E-state index is 0.126. The van der Waals surface area contributed by atoms with Crippen LogP contribution in [-0.2, 0) is 27.7 Å². The summed E-state index contributed by atoms with van der Waals surface area (Å²) < 4.78 is 32.2. The summed E-state index contributed by atoms with van der Waals surface area (Å²) in [6.45, 7) is 6.03. The largest absolute Gasteiger partial charge is 0.379 e. The van der Waals surface area contributed by atoms with Crippen LogP contribution in [0.3, 0.4) is 0 Å². The number of carbonyl (C=O) groups is 2. The first kappa shape index (κ1) is 23.8. The lowest BCUT2D eigenvalue weighted by Gasteiger charge is -2.26. The molecule has 1 aromatic heterocycles. The van der Waals surface area contributed by atoms with E-state index in [1.54, 1.807) is 0 Å². The maximum absolute atomic E-state index is 12.9. The number of hydrogen-bond acceptors (Lipinski definition) is 7. The van der Waals surface area contributed by atoms with Crippen LogP contribution < -0.4 is 11.1 Å². The number of nitrogens with one attached hydrogen (secondary N) is 1. The lowest BCUT2D eigenvalue weighted by atomic mass is 10.0. The molecule has 11 heteroatoms. The minimum Gasteiger partial charge on any atom is -0.379 e. The third kappa shape index (κ3) is 4.97. The molecule has 9 nitrogen and oxygen atoms in total. The van der Waals surface area contributed by atoms with Gasteiger partial charge in [-0.1, -0.05) is 6.92 Å². The average Bonchev–Trinajstić information content (AvgIpc) is 3.17. The van der Waals surface area contributed by atoms with Gasteiger partial charge < -0.3 is 15.8 Å². The number of carbonyl (C=O) groups excluding carboxylic acids is 2. The van der Waals surface area contributed by atoms with Gasteiger partial charge in [0.1, 0.15) is 5.00 Å². The highest BCUT2D eigenvalue weighted by molar-refractivity contribution is 7.89. The van der Waals surface area contributed by atoms with Crippen LogP contribution in [0.5, 0.6) is 0 Å². The Morgan fingerprint density at radius 2 is 1.85 bits per heavy atom. The van der Waals surface area contributed by atoms with E-state index in [1.165, 1.54) is 39.9 Å². The summed E-state index contributed by atoms with van der Waals surface area (Å²) in [6, 6.07) is 5.81. The van der Waals surface area contributed by atoms with Gasteiger partial charge in [0.15, 0.2) is 0 Å². The molecule has 4 rings (SSSR count). The van der Waals surface area contributed by atoms with Gasteiger partial charge in [0.2, 0.25) is 10.0 Å². The lowest BCUT2D eigenvalue weighted by Crippen LogP contribution is -2.40. The number of nitrogens with two attached hydrogens (primary N) is 1. The maximum Gasteiger partial charge on any atom is 0.256 e. The Labute approximate surface area is 197 Å². The number of ether oxygens (including phenoxy) is 1. The number of primary amides is 1. The summed E-state index contributed by atoms with van der Waals surface area (Å²) >= 11 is 1.38. The van der Waals surface area contributed by atoms with Crippen LogP contribution in [0.4, 0.5) is 5.00 Å². The summed E-state index contributed by atoms with van der Waals surface area (Å²) in [5, 5.41) is 3.26. The van der Waals surface area contributed by atoms with E-state index >= 15 is 0 Å². The number of rotatable bonds is 7. The molecule has 0 radical (unpaired) electrons. The van der Waals surface area contributed by atoms with Crippen molar-refractivity contribution in [2.24, 2.45) is 5.73 Å². The van der Waals surface area contributed by atoms with Crippen molar-refractivity contribution in [3.05, 3.63) is 45.8 Å². The maximum atomic E-state index is 12.9. The third-order valence-electron chi connectivity index (χ3n) is 5.87. The van der Waals surface area contributed by atoms with Crippen molar-refractivity contribution in [2.75, 3.05) is 44.7 Å². The van der Waals surface area contributed by atoms with Crippen LogP contribution in [0.1, 0.15) is 44.5 Å². The van der Waals surface area contributed by atoms with Crippen LogP contribution in [0, 0.1) is 0 Å². The lowest BCUT2D eigenvalue weighted by molar-refractivity contribution is 0.0730. The molecule has 3 heterocycles. The van der Waals surface area contributed by atoms with Crippen molar-refractivity contribution in [3.8, 4) is 0 Å². The van der Waals surface area contributed by atoms with Gasteiger partial charge in [-0.15, -0.1) is 11.3 Å². The van der Waals surface area contributed by atoms with E-state index in [0.29, 0.717) is 48.9 Å². The first-order chi connectivity index (χ1) is 15.8. The predicted octanol–water partition coefficient (Wildman–Crippen LogP) is 1.89. The molecule has 0 unspecified atom stereocenters. The molecular weight excluding hydrogens is 464 g/mol. The molecule has 0 bridgehead atoms. The van der Waals surface area contributed by atoms with Gasteiger partial charge in [-0.25, -0.2) is 8.42 Å². The number of sulfonamides is 1. The predicted molar refractivity (Wildman–Crippen MR) is 126 cm³/mol. The van der Waals surface area contributed by atoms with E-state index in [0.717, 1.165) is 36.5 Å². The van der Waals surface area contributed by atoms with Gasteiger partial charge in [-0.05, 0) is 49.2 Å². The normalized spacial score (nSPS) is 17.5. The molecule has 0 aliphatic carbocycles. The molecule has 0 spiro atoms. The van der Waals surface area contributed by atoms with Crippen molar-refractivity contribution in [1.82, 2.24) is 9.21 Å². The minimum atomic E-state index is -3.64. The summed E-state index contributed by atoms with van der Waals surface area (Å²) in [5.41, 5.74) is 7.25. The zero-order chi connectivity index (χ0) is 23.6. The molecule has 1 saturated heterocycles. The fourth-order valence-electron chi connectivity index (χ4n) is 4.20. The van der Waals surface area contributed by atoms with Gasteiger partial charge in [0, 0.05) is 36.6 Å². The Morgan fingerprint density at radius 1 is 1.15 bits per heavy atom. The summed E-state index contributed by atoms with van der Waals surface area (Å²) in [4.78, 5) is 28.6. The molecule has 1 aromatic carbocycles. The van der Waals surface area contributed by atoms with Gasteiger partial charge in [0.25, 0.3) is 11.8 Å². The number of hydrogen-bond donors (Lipinski definition) is 2. The number of thiophene rings is 1. The number of amides is 2. The Morgan fingerprint density at radius 3 is 2.48 bits per heavy atom. The average molecular weight is 493 g/mol. The monoisotopic (exact) mass is 492 g/mol. The molecule has 178 valence electrons. The highest BCUT2D eigenvalue weighted by Crippen LogP contribution is 2.37. The Kier molecular flexibility index (Phi) is 7.15. The fourth-order valence-corrected chi connectivity index (χ4v) is 6.90. The van der Waals surface area contributed by atoms with Gasteiger partial charge in [-0.3, -0.25) is 14.5 Å². The van der Waals surface area contributed by atoms with E-state index < -0.39 is 21.8 Å². The Balaban J connectivity index is 1.52. The second kappa shape index (κ2) is 9.90. The zero-order valence-electron chi connectivity index (χ0n) is 18.5. The van der Waals surface area contributed by atoms with E-state index in [2.05, 4.69) is 17.1 Å². The van der Waals surface area contributed by atoms with Gasteiger partial charge in [0.05, 0.1) is 23.7 Å². The molecule has 2 aliphatic heterocycles. The van der Waals surface area contributed by atoms with Crippen LogP contribution >= 0.6 is 11.3 Å². The third-order valence-corrected chi connectivity index (χ3v) is 8.92. The topological polar surface area (TPSA) is 122 Å². The van der Waals surface area contributed by atoms with Crippen LogP contribution in [0.2, 0.25) is 0 Å². The van der Waals surface area contributed by atoms with Gasteiger partial charge in [-0.2, -0.15) is 4.31 Å². The van der Waals surface area contributed by atoms with Crippen molar-refractivity contribution in [2.45, 2.75) is 31.2 Å². The van der Waals surface area contributed by atoms with Crippen molar-refractivity contribution < 1.29 is 22.7 Å². The molecular formula is C22H28N4O5S2. The molecule has 2 aliphatic rings. The quantitative estimate of drug-likeness (QED) is 0.609. The smallest absolute Gasteiger partial charge is 0.256 e. The van der Waals surface area contributed by atoms with Gasteiger partial charge >= 0.3 is 0 Å². The molecule has 1 fully saturated rings. The highest BCUT2D eigenvalue weighted by Gasteiger charge is 2.29. The van der Waals surface area contributed by atoms with E-state index in [4.69, 9.17) is 10.5 Å². The van der Waals surface area contributed by atoms with E-state index in [-0.39, 0.29) is 4.90 Å². The highest BCUT2D eigenvalue weighted by atomic mass is 32.2. The number of nitrogens with zero attached hydrogens (tertiary/aromatic N) is 2. The summed E-state index contributed by atoms with van der Waals surface area (Å²) in [6.07, 6.45) is 1.76. The standard InChI is InChI=1S/C22H28N4O5S2/c1-2-8-25-9-7-17-18(14-25)32-22(19(17)20(23)27)24-21(28)15-3-5-16(6-4-15)33(29,30)26-10-12-31-13-11-26/h3-6H,2,7-14H2,1H3,(H2,23,27)(H,24,28). The Bertz CT molecular complexity index is 1140. The first-order valence-corrected chi connectivity index (χ1v) is 13.2. The second-order valence-electron chi connectivity index (χ2n) is 8.09.